The summed E-state index contributed by atoms with van der Waals surface area (Å²) in [7, 11) is -3.25. The smallest absolute Gasteiger partial charge is 0.257 e. The Bertz CT molecular complexity index is 835. The van der Waals surface area contributed by atoms with Crippen LogP contribution >= 0.6 is 0 Å². The molecule has 0 spiro atoms. The van der Waals surface area contributed by atoms with E-state index in [1.54, 1.807) is 30.5 Å². The van der Waals surface area contributed by atoms with E-state index in [0.717, 1.165) is 5.56 Å². The van der Waals surface area contributed by atoms with E-state index in [2.05, 4.69) is 10.3 Å². The fraction of sp³-hybridized carbons (Fsp3) is 0.250. The average Bonchev–Trinajstić information content (AvgIpc) is 2.89. The molecule has 1 N–H and O–H groups in total. The summed E-state index contributed by atoms with van der Waals surface area (Å²) in [5.41, 5.74) is 2.48. The van der Waals surface area contributed by atoms with Crippen molar-refractivity contribution in [2.45, 2.75) is 13.3 Å². The third-order valence-electron chi connectivity index (χ3n) is 3.76. The molecule has 23 heavy (non-hydrogen) atoms. The zero-order valence-corrected chi connectivity index (χ0v) is 13.5. The van der Waals surface area contributed by atoms with Crippen molar-refractivity contribution >= 4 is 27.3 Å². The number of pyridine rings is 1. The van der Waals surface area contributed by atoms with Gasteiger partial charge in [-0.25, -0.2) is 8.42 Å². The first kappa shape index (κ1) is 15.5. The monoisotopic (exact) mass is 331 g/mol. The van der Waals surface area contributed by atoms with E-state index in [1.165, 1.54) is 10.5 Å². The lowest BCUT2D eigenvalue weighted by Crippen LogP contribution is -2.26. The summed E-state index contributed by atoms with van der Waals surface area (Å²) in [6.07, 6.45) is 3.70. The summed E-state index contributed by atoms with van der Waals surface area (Å²) >= 11 is 0. The van der Waals surface area contributed by atoms with E-state index >= 15 is 0 Å². The van der Waals surface area contributed by atoms with Crippen LogP contribution in [0.25, 0.3) is 0 Å². The van der Waals surface area contributed by atoms with E-state index in [4.69, 9.17) is 0 Å². The Morgan fingerprint density at radius 3 is 2.78 bits per heavy atom. The minimum Gasteiger partial charge on any atom is -0.322 e. The Labute approximate surface area is 135 Å². The molecule has 0 radical (unpaired) electrons. The third-order valence-corrected chi connectivity index (χ3v) is 5.61. The molecule has 1 amide bonds. The Morgan fingerprint density at radius 1 is 1.30 bits per heavy atom. The number of nitrogens with one attached hydrogen (secondary N) is 1. The molecule has 120 valence electrons. The molecule has 7 heteroatoms. The molecule has 1 fully saturated rings. The number of sulfonamides is 1. The van der Waals surface area contributed by atoms with Crippen molar-refractivity contribution in [1.29, 1.82) is 0 Å². The van der Waals surface area contributed by atoms with Gasteiger partial charge in [0.15, 0.2) is 0 Å². The van der Waals surface area contributed by atoms with Gasteiger partial charge < -0.3 is 5.32 Å². The van der Waals surface area contributed by atoms with Crippen molar-refractivity contribution in [3.05, 3.63) is 53.9 Å². The number of hydrogen-bond donors (Lipinski definition) is 1. The topological polar surface area (TPSA) is 79.4 Å². The molecule has 2 heterocycles. The largest absolute Gasteiger partial charge is 0.322 e. The van der Waals surface area contributed by atoms with E-state index in [1.807, 2.05) is 13.0 Å². The van der Waals surface area contributed by atoms with E-state index < -0.39 is 10.0 Å². The summed E-state index contributed by atoms with van der Waals surface area (Å²) < 4.78 is 25.6. The minimum absolute atomic E-state index is 0.165. The van der Waals surface area contributed by atoms with Crippen LogP contribution in [0, 0.1) is 6.92 Å². The van der Waals surface area contributed by atoms with Gasteiger partial charge in [-0.05, 0) is 43.2 Å². The van der Waals surface area contributed by atoms with Crippen molar-refractivity contribution < 1.29 is 13.2 Å². The van der Waals surface area contributed by atoms with Crippen LogP contribution in [-0.4, -0.2) is 31.6 Å². The van der Waals surface area contributed by atoms with Crippen molar-refractivity contribution in [2.24, 2.45) is 0 Å². The van der Waals surface area contributed by atoms with Crippen LogP contribution in [-0.2, 0) is 10.0 Å². The molecule has 0 atom stereocenters. The maximum atomic E-state index is 12.2. The van der Waals surface area contributed by atoms with Crippen LogP contribution in [0.5, 0.6) is 0 Å². The van der Waals surface area contributed by atoms with Gasteiger partial charge in [0.1, 0.15) is 0 Å². The molecule has 3 rings (SSSR count). The lowest BCUT2D eigenvalue weighted by Gasteiger charge is -2.20. The van der Waals surface area contributed by atoms with Crippen molar-refractivity contribution in [3.63, 3.8) is 0 Å². The van der Waals surface area contributed by atoms with E-state index in [0.29, 0.717) is 29.9 Å². The molecule has 1 saturated heterocycles. The molecule has 0 unspecified atom stereocenters. The number of benzene rings is 1. The molecule has 1 aliphatic rings. The maximum Gasteiger partial charge on any atom is 0.257 e. The number of amides is 1. The predicted molar refractivity (Wildman–Crippen MR) is 89.1 cm³/mol. The SMILES string of the molecule is Cc1ccc(NC(=O)c2cccnc2)cc1N1CCCS1(=O)=O. The third kappa shape index (κ3) is 3.19. The van der Waals surface area contributed by atoms with Crippen LogP contribution in [0.4, 0.5) is 11.4 Å². The molecular formula is C16H17N3O3S. The molecule has 1 aromatic heterocycles. The molecule has 0 aliphatic carbocycles. The normalized spacial score (nSPS) is 16.3. The number of rotatable bonds is 3. The summed E-state index contributed by atoms with van der Waals surface area (Å²) in [6, 6.07) is 8.62. The quantitative estimate of drug-likeness (QED) is 0.935. The molecular weight excluding hydrogens is 314 g/mol. The second-order valence-corrected chi connectivity index (χ2v) is 7.45. The van der Waals surface area contributed by atoms with Gasteiger partial charge in [0, 0.05) is 24.6 Å². The molecule has 1 aromatic carbocycles. The first-order valence-electron chi connectivity index (χ1n) is 7.30. The molecule has 0 saturated carbocycles. The number of aryl methyl sites for hydroxylation is 1. The molecule has 1 aliphatic heterocycles. The standard InChI is InChI=1S/C16H17N3O3S/c1-12-5-6-14(18-16(20)13-4-2-7-17-11-13)10-15(12)19-8-3-9-23(19,21)22/h2,4-7,10-11H,3,8-9H2,1H3,(H,18,20). The highest BCUT2D eigenvalue weighted by atomic mass is 32.2. The van der Waals surface area contributed by atoms with Crippen molar-refractivity contribution in [2.75, 3.05) is 21.9 Å². The second-order valence-electron chi connectivity index (χ2n) is 5.44. The number of carbonyl (C=O) groups is 1. The highest BCUT2D eigenvalue weighted by Gasteiger charge is 2.29. The number of hydrogen-bond acceptors (Lipinski definition) is 4. The van der Waals surface area contributed by atoms with Gasteiger partial charge in [0.25, 0.3) is 5.91 Å². The Kier molecular flexibility index (Phi) is 4.04. The minimum atomic E-state index is -3.25. The summed E-state index contributed by atoms with van der Waals surface area (Å²) in [5.74, 6) is -0.115. The van der Waals surface area contributed by atoms with E-state index in [-0.39, 0.29) is 11.7 Å². The summed E-state index contributed by atoms with van der Waals surface area (Å²) in [4.78, 5) is 16.1. The maximum absolute atomic E-state index is 12.2. The van der Waals surface area contributed by atoms with Crippen LogP contribution in [0.1, 0.15) is 22.3 Å². The Morgan fingerprint density at radius 2 is 2.13 bits per heavy atom. The zero-order valence-electron chi connectivity index (χ0n) is 12.7. The molecule has 2 aromatic rings. The highest BCUT2D eigenvalue weighted by molar-refractivity contribution is 7.93. The average molecular weight is 331 g/mol. The van der Waals surface area contributed by atoms with Gasteiger partial charge in [-0.2, -0.15) is 0 Å². The van der Waals surface area contributed by atoms with Gasteiger partial charge in [-0.15, -0.1) is 0 Å². The van der Waals surface area contributed by atoms with Gasteiger partial charge in [-0.1, -0.05) is 6.07 Å². The van der Waals surface area contributed by atoms with Gasteiger partial charge >= 0.3 is 0 Å². The van der Waals surface area contributed by atoms with E-state index in [9.17, 15) is 13.2 Å². The first-order chi connectivity index (χ1) is 11.0. The Hall–Kier alpha value is -2.41. The van der Waals surface area contributed by atoms with Crippen molar-refractivity contribution in [1.82, 2.24) is 4.98 Å². The Balaban J connectivity index is 1.88. The van der Waals surface area contributed by atoms with Crippen molar-refractivity contribution in [3.8, 4) is 0 Å². The fourth-order valence-electron chi connectivity index (χ4n) is 2.57. The van der Waals surface area contributed by atoms with Gasteiger partial charge in [0.05, 0.1) is 17.0 Å². The highest BCUT2D eigenvalue weighted by Crippen LogP contribution is 2.30. The van der Waals surface area contributed by atoms with Crippen LogP contribution < -0.4 is 9.62 Å². The first-order valence-corrected chi connectivity index (χ1v) is 8.91. The predicted octanol–water partition coefficient (Wildman–Crippen LogP) is 2.18. The van der Waals surface area contributed by atoms with Crippen LogP contribution in [0.3, 0.4) is 0 Å². The van der Waals surface area contributed by atoms with Gasteiger partial charge in [-0.3, -0.25) is 14.1 Å². The lowest BCUT2D eigenvalue weighted by molar-refractivity contribution is 0.102. The molecule has 0 bridgehead atoms. The van der Waals surface area contributed by atoms with Crippen LogP contribution in [0.15, 0.2) is 42.7 Å². The van der Waals surface area contributed by atoms with Crippen LogP contribution in [0.2, 0.25) is 0 Å². The second kappa shape index (κ2) is 6.00. The zero-order chi connectivity index (χ0) is 16.4. The number of aromatic nitrogens is 1. The van der Waals surface area contributed by atoms with Gasteiger partial charge in [0.2, 0.25) is 10.0 Å². The molecule has 6 nitrogen and oxygen atoms in total. The fourth-order valence-corrected chi connectivity index (χ4v) is 4.18. The summed E-state index contributed by atoms with van der Waals surface area (Å²) in [6.45, 7) is 2.33. The number of anilines is 2. The summed E-state index contributed by atoms with van der Waals surface area (Å²) in [5, 5.41) is 2.78. The number of carbonyl (C=O) groups excluding carboxylic acids is 1. The number of nitrogens with zero attached hydrogens (tertiary/aromatic N) is 2. The lowest BCUT2D eigenvalue weighted by atomic mass is 10.1.